The van der Waals surface area contributed by atoms with Crippen LogP contribution in [-0.2, 0) is 0 Å². The Morgan fingerprint density at radius 3 is 1.55 bits per heavy atom. The van der Waals surface area contributed by atoms with Gasteiger partial charge >= 0.3 is 7.12 Å². The van der Waals surface area contributed by atoms with E-state index in [2.05, 4.69) is 50.2 Å². The Balaban J connectivity index is 0.000000172. The van der Waals surface area contributed by atoms with E-state index in [0.717, 1.165) is 16.3 Å². The minimum atomic E-state index is -1.52. The van der Waals surface area contributed by atoms with Crippen molar-refractivity contribution in [2.75, 3.05) is 22.1 Å². The van der Waals surface area contributed by atoms with E-state index in [1.54, 1.807) is 33.5 Å². The Labute approximate surface area is 437 Å². The molecule has 10 aromatic rings. The Bertz CT molecular complexity index is 4060. The van der Waals surface area contributed by atoms with Crippen LogP contribution in [0.4, 0.5) is 34.9 Å². The molecule has 76 heavy (non-hydrogen) atoms. The van der Waals surface area contributed by atoms with Gasteiger partial charge < -0.3 is 42.1 Å². The largest absolute Gasteiger partial charge is 0.489 e. The molecule has 0 aliphatic rings. The van der Waals surface area contributed by atoms with Gasteiger partial charge in [-0.2, -0.15) is 0 Å². The van der Waals surface area contributed by atoms with Crippen LogP contribution in [0.2, 0.25) is 5.02 Å². The van der Waals surface area contributed by atoms with Gasteiger partial charge in [-0.15, -0.1) is 0 Å². The first-order chi connectivity index (χ1) is 36.6. The third-order valence-electron chi connectivity index (χ3n) is 11.7. The van der Waals surface area contributed by atoms with Gasteiger partial charge in [0.2, 0.25) is 34.4 Å². The fourth-order valence-corrected chi connectivity index (χ4v) is 8.42. The molecule has 6 aromatic heterocycles. The van der Waals surface area contributed by atoms with Gasteiger partial charge in [-0.05, 0) is 89.7 Å². The number of benzene rings is 4. The van der Waals surface area contributed by atoms with Crippen molar-refractivity contribution in [1.29, 1.82) is 0 Å². The highest BCUT2D eigenvalue weighted by Crippen LogP contribution is 2.33. The van der Waals surface area contributed by atoms with Gasteiger partial charge in [0.15, 0.2) is 0 Å². The zero-order valence-corrected chi connectivity index (χ0v) is 41.1. The van der Waals surface area contributed by atoms with Gasteiger partial charge in [0.1, 0.15) is 11.6 Å². The number of fused-ring (bicyclic) bond motifs is 2. The van der Waals surface area contributed by atoms with Crippen molar-refractivity contribution < 1.29 is 10.0 Å². The summed E-state index contributed by atoms with van der Waals surface area (Å²) in [6, 6.07) is 38.4. The van der Waals surface area contributed by atoms with E-state index in [9.17, 15) is 19.2 Å². The lowest BCUT2D eigenvalue weighted by Gasteiger charge is -2.22. The van der Waals surface area contributed by atoms with E-state index in [1.165, 1.54) is 36.8 Å². The number of nitrogens with two attached hydrogens (primary N) is 2. The van der Waals surface area contributed by atoms with E-state index in [4.69, 9.17) is 46.3 Å². The second-order valence-corrected chi connectivity index (χ2v) is 17.2. The summed E-state index contributed by atoms with van der Waals surface area (Å²) in [7, 11) is -1.52. The molecule has 2 atom stereocenters. The molecule has 0 spiro atoms. The number of H-pyrrole nitrogens is 2. The zero-order valence-electron chi connectivity index (χ0n) is 40.4. The van der Waals surface area contributed by atoms with Crippen molar-refractivity contribution in [3.63, 3.8) is 0 Å². The first-order valence-electron chi connectivity index (χ1n) is 23.1. The molecule has 22 heteroatoms. The number of anilines is 4. The standard InChI is InChI=1S/C27H21N7O2.C22H17ClN6O.C5H6BNO3/c1-16(32-25-21(29-2)15-31-27(28)33-25)22-13-17-7-6-10-20(18-11-12-23(35)30-14-18)24(17)26(36)34(22)19-8-4-3-5-9-19;1-13(27-20-17(25-2)12-26-22(24)28-20)18-11-14-7-6-10-16(23)19(14)21(30)29(18)15-8-4-3-5-9-15;8-5-2-1-4(3-7-5)6(9)10/h3-16H,1H3,(H,30,35)(H3,28,31,32,33);3-13H,1H3,(H3,24,26,27,28);1-3,9-10H,(H,7,8)/t16-;13-;/m00./s1. The molecule has 0 aliphatic carbocycles. The smallest absolute Gasteiger partial charge is 0.423 e. The third-order valence-corrected chi connectivity index (χ3v) is 12.1. The van der Waals surface area contributed by atoms with Crippen LogP contribution in [0.5, 0.6) is 0 Å². The van der Waals surface area contributed by atoms with Gasteiger partial charge in [0.05, 0.1) is 41.0 Å². The number of hydrogen-bond acceptors (Lipinski definition) is 14. The number of para-hydroxylation sites is 2. The van der Waals surface area contributed by atoms with Crippen molar-refractivity contribution >= 4 is 80.6 Å². The van der Waals surface area contributed by atoms with E-state index >= 15 is 0 Å². The fraction of sp³-hybridized carbons (Fsp3) is 0.0741. The quantitative estimate of drug-likeness (QED) is 0.0495. The fourth-order valence-electron chi connectivity index (χ4n) is 8.16. The molecule has 376 valence electrons. The van der Waals surface area contributed by atoms with E-state index in [-0.39, 0.29) is 57.0 Å². The minimum Gasteiger partial charge on any atom is -0.423 e. The number of pyridine rings is 4. The Morgan fingerprint density at radius 2 is 1.09 bits per heavy atom. The first-order valence-corrected chi connectivity index (χ1v) is 23.4. The van der Waals surface area contributed by atoms with Crippen LogP contribution in [0.15, 0.2) is 177 Å². The van der Waals surface area contributed by atoms with Gasteiger partial charge in [-0.3, -0.25) is 28.3 Å². The van der Waals surface area contributed by atoms with Crippen molar-refractivity contribution in [3.05, 3.63) is 239 Å². The molecule has 0 saturated carbocycles. The normalized spacial score (nSPS) is 11.4. The number of nitrogen functional groups attached to an aromatic ring is 2. The topological polar surface area (TPSA) is 287 Å². The summed E-state index contributed by atoms with van der Waals surface area (Å²) in [5, 5.41) is 26.4. The average molecular weight is 1030 g/mol. The highest BCUT2D eigenvalue weighted by molar-refractivity contribution is 6.58. The highest BCUT2D eigenvalue weighted by atomic mass is 35.5. The molecule has 0 aliphatic heterocycles. The van der Waals surface area contributed by atoms with Crippen LogP contribution < -0.4 is 49.8 Å². The van der Waals surface area contributed by atoms with E-state index < -0.39 is 13.2 Å². The molecule has 0 amide bonds. The number of aromatic nitrogens is 8. The summed E-state index contributed by atoms with van der Waals surface area (Å²) in [5.74, 6) is 0.701. The van der Waals surface area contributed by atoms with Crippen LogP contribution >= 0.6 is 11.6 Å². The zero-order chi connectivity index (χ0) is 54.0. The monoisotopic (exact) mass is 1030 g/mol. The predicted octanol–water partition coefficient (Wildman–Crippen LogP) is 7.24. The van der Waals surface area contributed by atoms with Crippen molar-refractivity contribution in [2.24, 2.45) is 0 Å². The predicted molar refractivity (Wildman–Crippen MR) is 297 cm³/mol. The Morgan fingerprint density at radius 1 is 0.618 bits per heavy atom. The maximum atomic E-state index is 14.1. The van der Waals surface area contributed by atoms with Gasteiger partial charge in [-0.1, -0.05) is 84.4 Å². The average Bonchev–Trinajstić information content (AvgIpc) is 3.42. The maximum Gasteiger partial charge on any atom is 0.489 e. The number of nitrogens with zero attached hydrogens (tertiary/aromatic N) is 8. The van der Waals surface area contributed by atoms with Crippen LogP contribution in [-0.4, -0.2) is 56.2 Å². The number of hydrogen-bond donors (Lipinski definition) is 8. The van der Waals surface area contributed by atoms with Gasteiger partial charge in [0.25, 0.3) is 11.1 Å². The van der Waals surface area contributed by atoms with Crippen LogP contribution in [0, 0.1) is 13.1 Å². The molecule has 10 N–H and O–H groups in total. The highest BCUT2D eigenvalue weighted by Gasteiger charge is 2.22. The molecule has 0 saturated heterocycles. The van der Waals surface area contributed by atoms with Crippen LogP contribution in [0.1, 0.15) is 37.3 Å². The molecule has 0 fully saturated rings. The molecule has 20 nitrogen and oxygen atoms in total. The number of nitrogens with one attached hydrogen (secondary N) is 4. The Hall–Kier alpha value is -10.2. The lowest BCUT2D eigenvalue weighted by atomic mass is 9.82. The Kier molecular flexibility index (Phi) is 15.9. The summed E-state index contributed by atoms with van der Waals surface area (Å²) in [5.41, 5.74) is 15.5. The number of halogens is 1. The molecule has 10 rings (SSSR count). The van der Waals surface area contributed by atoms with E-state index in [0.29, 0.717) is 55.8 Å². The van der Waals surface area contributed by atoms with E-state index in [1.807, 2.05) is 111 Å². The van der Waals surface area contributed by atoms with Crippen molar-refractivity contribution in [3.8, 4) is 22.5 Å². The van der Waals surface area contributed by atoms with Gasteiger partial charge in [0, 0.05) is 59.7 Å². The van der Waals surface area contributed by atoms with Crippen molar-refractivity contribution in [2.45, 2.75) is 25.9 Å². The molecule has 0 unspecified atom stereocenters. The number of rotatable bonds is 10. The third kappa shape index (κ3) is 11.5. The number of aromatic amines is 2. The summed E-state index contributed by atoms with van der Waals surface area (Å²) in [4.78, 5) is 77.6. The molecular formula is C54H44BClN14O6. The first kappa shape index (κ1) is 52.1. The molecule has 0 bridgehead atoms. The summed E-state index contributed by atoms with van der Waals surface area (Å²) >= 11 is 6.35. The maximum absolute atomic E-state index is 14.1. The lowest BCUT2D eigenvalue weighted by Crippen LogP contribution is -2.31. The summed E-state index contributed by atoms with van der Waals surface area (Å²) in [6.07, 6.45) is 5.60. The van der Waals surface area contributed by atoms with Crippen LogP contribution in [0.3, 0.4) is 0 Å². The lowest BCUT2D eigenvalue weighted by molar-refractivity contribution is 0.425. The molecule has 4 aromatic carbocycles. The second kappa shape index (κ2) is 23.1. The summed E-state index contributed by atoms with van der Waals surface area (Å²) in [6.45, 7) is 18.5. The second-order valence-electron chi connectivity index (χ2n) is 16.7. The molecular weight excluding hydrogens is 987 g/mol. The molecule has 0 radical (unpaired) electrons. The SMILES string of the molecule is O=c1ccc(B(O)O)c[nH]1.[C-]#[N+]c1cnc(N)nc1N[C@@H](C)c1cc2cccc(-c3ccc(=O)[nH]c3)c2c(=O)n1-c1ccccc1.[C-]#[N+]c1cnc(N)nc1N[C@@H](C)c1cc2cccc(Cl)c2c(=O)n1-c1ccccc1. The molecule has 6 heterocycles. The summed E-state index contributed by atoms with van der Waals surface area (Å²) < 4.78 is 3.27. The van der Waals surface area contributed by atoms with Gasteiger partial charge in [-0.25, -0.2) is 29.6 Å². The van der Waals surface area contributed by atoms with Crippen molar-refractivity contribution in [1.82, 2.24) is 39.0 Å². The van der Waals surface area contributed by atoms with Crippen LogP contribution in [0.25, 0.3) is 53.7 Å². The minimum absolute atomic E-state index is 0.0432.